The highest BCUT2D eigenvalue weighted by Crippen LogP contribution is 2.20. The summed E-state index contributed by atoms with van der Waals surface area (Å²) in [6.07, 6.45) is 0. The monoisotopic (exact) mass is 330 g/mol. The van der Waals surface area contributed by atoms with Crippen LogP contribution in [0.3, 0.4) is 0 Å². The van der Waals surface area contributed by atoms with Crippen LogP contribution in [0.1, 0.15) is 5.56 Å². The fourth-order valence-electron chi connectivity index (χ4n) is 1.80. The van der Waals surface area contributed by atoms with E-state index < -0.39 is 16.1 Å². The summed E-state index contributed by atoms with van der Waals surface area (Å²) in [4.78, 5) is 11.3. The first kappa shape index (κ1) is 16.3. The van der Waals surface area contributed by atoms with Crippen molar-refractivity contribution in [3.8, 4) is 6.07 Å². The highest BCUT2D eigenvalue weighted by Gasteiger charge is 2.15. The minimum Gasteiger partial charge on any atom is -0.341 e. The summed E-state index contributed by atoms with van der Waals surface area (Å²) in [5.74, 6) is 0. The first-order valence-corrected chi connectivity index (χ1v) is 8.05. The van der Waals surface area contributed by atoms with Gasteiger partial charge in [-0.05, 0) is 36.4 Å². The normalized spacial score (nSPS) is 10.4. The summed E-state index contributed by atoms with van der Waals surface area (Å²) < 4.78 is 27.1. The Kier molecular flexibility index (Phi) is 4.83. The topological polar surface area (TPSA) is 111 Å². The van der Waals surface area contributed by atoms with E-state index in [1.54, 1.807) is 18.2 Å². The number of anilines is 2. The van der Waals surface area contributed by atoms with Gasteiger partial charge in [-0.15, -0.1) is 0 Å². The molecule has 0 heterocycles. The summed E-state index contributed by atoms with van der Waals surface area (Å²) >= 11 is 0. The second-order valence-electron chi connectivity index (χ2n) is 4.53. The van der Waals surface area contributed by atoms with Crippen molar-refractivity contribution in [3.63, 3.8) is 0 Å². The lowest BCUT2D eigenvalue weighted by molar-refractivity contribution is 0.254. The Hall–Kier alpha value is -3.05. The molecule has 0 saturated carbocycles. The minimum absolute atomic E-state index is 0.0128. The number of nitrogens with one attached hydrogen (secondary N) is 3. The van der Waals surface area contributed by atoms with Crippen LogP contribution < -0.4 is 15.4 Å². The quantitative estimate of drug-likeness (QED) is 0.797. The molecule has 0 aliphatic rings. The third-order valence-electron chi connectivity index (χ3n) is 2.87. The van der Waals surface area contributed by atoms with Crippen LogP contribution in [-0.2, 0) is 10.0 Å². The van der Waals surface area contributed by atoms with E-state index in [0.717, 1.165) is 0 Å². The molecule has 0 aliphatic heterocycles. The zero-order valence-electron chi connectivity index (χ0n) is 12.2. The van der Waals surface area contributed by atoms with Crippen molar-refractivity contribution in [2.45, 2.75) is 4.90 Å². The third-order valence-corrected chi connectivity index (χ3v) is 4.25. The lowest BCUT2D eigenvalue weighted by Gasteiger charge is -2.10. The number of nitrogens with zero attached hydrogens (tertiary/aromatic N) is 1. The molecule has 8 heteroatoms. The Morgan fingerprint density at radius 1 is 1.09 bits per heavy atom. The third kappa shape index (κ3) is 4.21. The van der Waals surface area contributed by atoms with Gasteiger partial charge >= 0.3 is 6.03 Å². The second kappa shape index (κ2) is 6.81. The van der Waals surface area contributed by atoms with Gasteiger partial charge in [0.25, 0.3) is 10.0 Å². The van der Waals surface area contributed by atoms with Crippen molar-refractivity contribution >= 4 is 27.4 Å². The number of carbonyl (C=O) groups is 1. The summed E-state index contributed by atoms with van der Waals surface area (Å²) in [5.41, 5.74) is 0.986. The van der Waals surface area contributed by atoms with E-state index in [2.05, 4.69) is 15.4 Å². The van der Waals surface area contributed by atoms with Gasteiger partial charge in [-0.25, -0.2) is 13.2 Å². The minimum atomic E-state index is -3.83. The van der Waals surface area contributed by atoms with Crippen LogP contribution in [0.5, 0.6) is 0 Å². The maximum atomic E-state index is 12.3. The van der Waals surface area contributed by atoms with Crippen molar-refractivity contribution in [3.05, 3.63) is 54.1 Å². The van der Waals surface area contributed by atoms with E-state index in [0.29, 0.717) is 11.4 Å². The predicted octanol–water partition coefficient (Wildman–Crippen LogP) is 2.11. The van der Waals surface area contributed by atoms with Gasteiger partial charge in [-0.3, -0.25) is 4.72 Å². The van der Waals surface area contributed by atoms with Crippen molar-refractivity contribution in [1.29, 1.82) is 5.26 Å². The van der Waals surface area contributed by atoms with Crippen molar-refractivity contribution in [2.24, 2.45) is 0 Å². The fraction of sp³-hybridized carbons (Fsp3) is 0.0667. The Bertz CT molecular complexity index is 872. The van der Waals surface area contributed by atoms with Crippen LogP contribution in [0.4, 0.5) is 16.2 Å². The molecule has 0 unspecified atom stereocenters. The van der Waals surface area contributed by atoms with E-state index in [1.807, 2.05) is 6.07 Å². The van der Waals surface area contributed by atoms with Crippen LogP contribution in [0, 0.1) is 11.3 Å². The number of rotatable bonds is 4. The highest BCUT2D eigenvalue weighted by atomic mass is 32.2. The molecule has 7 nitrogen and oxygen atoms in total. The number of sulfonamides is 1. The molecule has 2 aromatic carbocycles. The average molecular weight is 330 g/mol. The molecule has 0 aromatic heterocycles. The number of nitriles is 1. The largest absolute Gasteiger partial charge is 0.341 e. The molecule has 0 fully saturated rings. The summed E-state index contributed by atoms with van der Waals surface area (Å²) in [6.45, 7) is 0. The fourth-order valence-corrected chi connectivity index (χ4v) is 2.90. The second-order valence-corrected chi connectivity index (χ2v) is 6.21. The molecule has 0 spiro atoms. The van der Waals surface area contributed by atoms with E-state index in [-0.39, 0.29) is 10.5 Å². The van der Waals surface area contributed by atoms with Gasteiger partial charge in [0, 0.05) is 12.7 Å². The molecule has 2 aromatic rings. The van der Waals surface area contributed by atoms with Crippen LogP contribution >= 0.6 is 0 Å². The van der Waals surface area contributed by atoms with E-state index in [4.69, 9.17) is 5.26 Å². The molecule has 0 atom stereocenters. The van der Waals surface area contributed by atoms with Gasteiger partial charge in [0.05, 0.1) is 22.2 Å². The first-order chi connectivity index (χ1) is 10.9. The molecule has 0 saturated heterocycles. The Labute approximate surface area is 134 Å². The molecule has 118 valence electrons. The van der Waals surface area contributed by atoms with Crippen LogP contribution in [0.15, 0.2) is 53.4 Å². The molecule has 2 amide bonds. The average Bonchev–Trinajstić information content (AvgIpc) is 2.54. The highest BCUT2D eigenvalue weighted by molar-refractivity contribution is 7.92. The van der Waals surface area contributed by atoms with E-state index >= 15 is 0 Å². The maximum Gasteiger partial charge on any atom is 0.318 e. The van der Waals surface area contributed by atoms with Gasteiger partial charge in [-0.1, -0.05) is 12.1 Å². The number of urea groups is 1. The van der Waals surface area contributed by atoms with Crippen molar-refractivity contribution < 1.29 is 13.2 Å². The van der Waals surface area contributed by atoms with Gasteiger partial charge < -0.3 is 10.6 Å². The summed E-state index contributed by atoms with van der Waals surface area (Å²) in [7, 11) is -2.35. The number of hydrogen-bond donors (Lipinski definition) is 3. The standard InChI is InChI=1S/C15H14N4O3S/c1-17-15(20)18-12-5-3-6-13(9-12)19-23(21,22)14-7-2-4-11(8-14)10-16/h2-9,19H,1H3,(H2,17,18,20). The van der Waals surface area contributed by atoms with Crippen LogP contribution in [-0.4, -0.2) is 21.5 Å². The molecule has 2 rings (SSSR count). The van der Waals surface area contributed by atoms with E-state index in [9.17, 15) is 13.2 Å². The number of hydrogen-bond acceptors (Lipinski definition) is 4. The summed E-state index contributed by atoms with van der Waals surface area (Å²) in [5, 5.41) is 13.8. The molecule has 0 bridgehead atoms. The Balaban J connectivity index is 2.25. The lowest BCUT2D eigenvalue weighted by Crippen LogP contribution is -2.24. The van der Waals surface area contributed by atoms with Crippen LogP contribution in [0.2, 0.25) is 0 Å². The van der Waals surface area contributed by atoms with Gasteiger partial charge in [0.15, 0.2) is 0 Å². The predicted molar refractivity (Wildman–Crippen MR) is 86.5 cm³/mol. The summed E-state index contributed by atoms with van der Waals surface area (Å²) in [6, 6.07) is 13.5. The smallest absolute Gasteiger partial charge is 0.318 e. The first-order valence-electron chi connectivity index (χ1n) is 6.56. The molecular formula is C15H14N4O3S. The molecule has 0 aliphatic carbocycles. The van der Waals surface area contributed by atoms with Gasteiger partial charge in [-0.2, -0.15) is 5.26 Å². The maximum absolute atomic E-state index is 12.3. The number of amides is 2. The Morgan fingerprint density at radius 3 is 2.48 bits per heavy atom. The molecule has 3 N–H and O–H groups in total. The molecule has 0 radical (unpaired) electrons. The zero-order valence-corrected chi connectivity index (χ0v) is 13.0. The zero-order chi connectivity index (χ0) is 16.9. The number of carbonyl (C=O) groups excluding carboxylic acids is 1. The van der Waals surface area contributed by atoms with E-state index in [1.165, 1.54) is 37.4 Å². The van der Waals surface area contributed by atoms with Gasteiger partial charge in [0.2, 0.25) is 0 Å². The van der Waals surface area contributed by atoms with Crippen molar-refractivity contribution in [2.75, 3.05) is 17.1 Å². The molecule has 23 heavy (non-hydrogen) atoms. The van der Waals surface area contributed by atoms with Gasteiger partial charge in [0.1, 0.15) is 0 Å². The van der Waals surface area contributed by atoms with Crippen LogP contribution in [0.25, 0.3) is 0 Å². The lowest BCUT2D eigenvalue weighted by atomic mass is 10.2. The Morgan fingerprint density at radius 2 is 1.78 bits per heavy atom. The molecular weight excluding hydrogens is 316 g/mol. The van der Waals surface area contributed by atoms with Crippen molar-refractivity contribution in [1.82, 2.24) is 5.32 Å². The number of benzene rings is 2. The SMILES string of the molecule is CNC(=O)Nc1cccc(NS(=O)(=O)c2cccc(C#N)c2)c1.